The monoisotopic (exact) mass is 279 g/mol. The number of rotatable bonds is 5. The second-order valence-electron chi connectivity index (χ2n) is 3.84. The fraction of sp³-hybridized carbons (Fsp3) is 0.214. The number of carbonyl (C=O) groups excluding carboxylic acids is 1. The number of benzene rings is 1. The number of hydrogen-bond donors (Lipinski definition) is 1. The molecule has 0 aliphatic heterocycles. The van der Waals surface area contributed by atoms with Gasteiger partial charge in [-0.1, -0.05) is 23.7 Å². The van der Waals surface area contributed by atoms with Gasteiger partial charge in [0, 0.05) is 6.54 Å². The van der Waals surface area contributed by atoms with Crippen LogP contribution < -0.4 is 10.1 Å². The number of amides is 1. The fourth-order valence-corrected chi connectivity index (χ4v) is 1.73. The van der Waals surface area contributed by atoms with Gasteiger partial charge < -0.3 is 14.5 Å². The lowest BCUT2D eigenvalue weighted by Crippen LogP contribution is -2.21. The predicted octanol–water partition coefficient (Wildman–Crippen LogP) is 3.26. The molecule has 1 amide bonds. The fourth-order valence-electron chi connectivity index (χ4n) is 1.54. The SMILES string of the molecule is CCNC(=O)c1ccc(COc2ccccc2Cl)o1. The molecule has 19 heavy (non-hydrogen) atoms. The summed E-state index contributed by atoms with van der Waals surface area (Å²) < 4.78 is 10.9. The van der Waals surface area contributed by atoms with E-state index in [0.29, 0.717) is 23.1 Å². The number of furan rings is 1. The molecule has 0 atom stereocenters. The van der Waals surface area contributed by atoms with E-state index in [2.05, 4.69) is 5.32 Å². The first-order valence-electron chi connectivity index (χ1n) is 5.95. The minimum Gasteiger partial charge on any atom is -0.484 e. The molecule has 1 heterocycles. The summed E-state index contributed by atoms with van der Waals surface area (Å²) in [4.78, 5) is 11.5. The highest BCUT2D eigenvalue weighted by molar-refractivity contribution is 6.32. The first kappa shape index (κ1) is 13.5. The molecule has 0 radical (unpaired) electrons. The Hall–Kier alpha value is -1.94. The van der Waals surface area contributed by atoms with Gasteiger partial charge in [-0.05, 0) is 31.2 Å². The van der Waals surface area contributed by atoms with Gasteiger partial charge in [-0.3, -0.25) is 4.79 Å². The van der Waals surface area contributed by atoms with E-state index in [1.54, 1.807) is 24.3 Å². The number of ether oxygens (including phenoxy) is 1. The van der Waals surface area contributed by atoms with Crippen LogP contribution in [0.3, 0.4) is 0 Å². The van der Waals surface area contributed by atoms with Crippen LogP contribution >= 0.6 is 11.6 Å². The molecule has 100 valence electrons. The molecule has 0 aliphatic carbocycles. The van der Waals surface area contributed by atoms with Gasteiger partial charge in [0.05, 0.1) is 5.02 Å². The number of hydrogen-bond acceptors (Lipinski definition) is 3. The molecule has 0 bridgehead atoms. The summed E-state index contributed by atoms with van der Waals surface area (Å²) in [6, 6.07) is 10.5. The summed E-state index contributed by atoms with van der Waals surface area (Å²) in [5.41, 5.74) is 0. The molecular formula is C14H14ClNO3. The lowest BCUT2D eigenvalue weighted by atomic mass is 10.3. The second kappa shape index (κ2) is 6.29. The minimum atomic E-state index is -0.230. The van der Waals surface area contributed by atoms with Gasteiger partial charge >= 0.3 is 0 Å². The molecule has 4 nitrogen and oxygen atoms in total. The summed E-state index contributed by atoms with van der Waals surface area (Å²) in [5.74, 6) is 1.20. The summed E-state index contributed by atoms with van der Waals surface area (Å²) in [5, 5.41) is 3.20. The van der Waals surface area contributed by atoms with E-state index in [0.717, 1.165) is 0 Å². The topological polar surface area (TPSA) is 51.5 Å². The highest BCUT2D eigenvalue weighted by atomic mass is 35.5. The Kier molecular flexibility index (Phi) is 4.47. The van der Waals surface area contributed by atoms with Crippen LogP contribution in [0.15, 0.2) is 40.8 Å². The van der Waals surface area contributed by atoms with Crippen LogP contribution in [0.1, 0.15) is 23.2 Å². The number of nitrogens with one attached hydrogen (secondary N) is 1. The molecule has 0 aliphatic rings. The van der Waals surface area contributed by atoms with Crippen molar-refractivity contribution in [1.82, 2.24) is 5.32 Å². The molecule has 1 aromatic carbocycles. The van der Waals surface area contributed by atoms with Crippen molar-refractivity contribution in [3.63, 3.8) is 0 Å². The maximum atomic E-state index is 11.5. The van der Waals surface area contributed by atoms with E-state index >= 15 is 0 Å². The molecule has 0 spiro atoms. The molecule has 1 N–H and O–H groups in total. The molecule has 1 aromatic heterocycles. The van der Waals surface area contributed by atoms with Crippen LogP contribution in [0.5, 0.6) is 5.75 Å². The first-order chi connectivity index (χ1) is 9.20. The Morgan fingerprint density at radius 2 is 2.11 bits per heavy atom. The summed E-state index contributed by atoms with van der Waals surface area (Å²) in [6.07, 6.45) is 0. The largest absolute Gasteiger partial charge is 0.484 e. The Labute approximate surface area is 116 Å². The molecule has 0 saturated carbocycles. The Bertz CT molecular complexity index is 565. The molecule has 2 aromatic rings. The standard InChI is InChI=1S/C14H14ClNO3/c1-2-16-14(17)13-8-7-10(19-13)9-18-12-6-4-3-5-11(12)15/h3-8H,2,9H2,1H3,(H,16,17). The third-order valence-electron chi connectivity index (χ3n) is 2.43. The van der Waals surface area contributed by atoms with Crippen molar-refractivity contribution in [2.24, 2.45) is 0 Å². The quantitative estimate of drug-likeness (QED) is 0.914. The number of carbonyl (C=O) groups is 1. The maximum Gasteiger partial charge on any atom is 0.286 e. The lowest BCUT2D eigenvalue weighted by molar-refractivity contribution is 0.0924. The average molecular weight is 280 g/mol. The van der Waals surface area contributed by atoms with Crippen molar-refractivity contribution in [3.8, 4) is 5.75 Å². The minimum absolute atomic E-state index is 0.225. The Morgan fingerprint density at radius 1 is 1.32 bits per heavy atom. The second-order valence-corrected chi connectivity index (χ2v) is 4.25. The van der Waals surface area contributed by atoms with E-state index in [1.807, 2.05) is 19.1 Å². The maximum absolute atomic E-state index is 11.5. The van der Waals surface area contributed by atoms with Crippen LogP contribution in [0.4, 0.5) is 0 Å². The molecular weight excluding hydrogens is 266 g/mol. The van der Waals surface area contributed by atoms with Gasteiger partial charge in [0.2, 0.25) is 0 Å². The molecule has 0 saturated heterocycles. The normalized spacial score (nSPS) is 10.2. The highest BCUT2D eigenvalue weighted by Crippen LogP contribution is 2.24. The number of para-hydroxylation sites is 1. The molecule has 0 unspecified atom stereocenters. The van der Waals surface area contributed by atoms with Crippen molar-refractivity contribution >= 4 is 17.5 Å². The van der Waals surface area contributed by atoms with Crippen LogP contribution in [0.2, 0.25) is 5.02 Å². The van der Waals surface area contributed by atoms with E-state index < -0.39 is 0 Å². The van der Waals surface area contributed by atoms with Crippen molar-refractivity contribution in [3.05, 3.63) is 52.9 Å². The third-order valence-corrected chi connectivity index (χ3v) is 2.74. The zero-order chi connectivity index (χ0) is 13.7. The van der Waals surface area contributed by atoms with Gasteiger partial charge in [-0.15, -0.1) is 0 Å². The van der Waals surface area contributed by atoms with Crippen LogP contribution in [0.25, 0.3) is 0 Å². The Morgan fingerprint density at radius 3 is 2.84 bits per heavy atom. The van der Waals surface area contributed by atoms with Gasteiger partial charge in [0.1, 0.15) is 18.1 Å². The van der Waals surface area contributed by atoms with Crippen LogP contribution in [-0.2, 0) is 6.61 Å². The van der Waals surface area contributed by atoms with Gasteiger partial charge in [0.25, 0.3) is 5.91 Å². The first-order valence-corrected chi connectivity index (χ1v) is 6.32. The van der Waals surface area contributed by atoms with Crippen molar-refractivity contribution in [2.75, 3.05) is 6.54 Å². The van der Waals surface area contributed by atoms with E-state index in [4.69, 9.17) is 20.8 Å². The number of halogens is 1. The predicted molar refractivity (Wildman–Crippen MR) is 72.5 cm³/mol. The third kappa shape index (κ3) is 3.51. The average Bonchev–Trinajstić information content (AvgIpc) is 2.87. The van der Waals surface area contributed by atoms with Crippen molar-refractivity contribution < 1.29 is 13.9 Å². The van der Waals surface area contributed by atoms with Gasteiger partial charge in [-0.2, -0.15) is 0 Å². The van der Waals surface area contributed by atoms with E-state index in [9.17, 15) is 4.79 Å². The van der Waals surface area contributed by atoms with E-state index in [1.165, 1.54) is 0 Å². The van der Waals surface area contributed by atoms with Crippen LogP contribution in [0, 0.1) is 0 Å². The summed E-state index contributed by atoms with van der Waals surface area (Å²) in [7, 11) is 0. The molecule has 2 rings (SSSR count). The smallest absolute Gasteiger partial charge is 0.286 e. The zero-order valence-electron chi connectivity index (χ0n) is 10.5. The van der Waals surface area contributed by atoms with Gasteiger partial charge in [0.15, 0.2) is 5.76 Å². The van der Waals surface area contributed by atoms with Gasteiger partial charge in [-0.25, -0.2) is 0 Å². The van der Waals surface area contributed by atoms with E-state index in [-0.39, 0.29) is 18.3 Å². The highest BCUT2D eigenvalue weighted by Gasteiger charge is 2.10. The summed E-state index contributed by atoms with van der Waals surface area (Å²) >= 11 is 5.97. The Balaban J connectivity index is 1.97. The van der Waals surface area contributed by atoms with Crippen molar-refractivity contribution in [2.45, 2.75) is 13.5 Å². The lowest BCUT2D eigenvalue weighted by Gasteiger charge is -2.05. The van der Waals surface area contributed by atoms with Crippen molar-refractivity contribution in [1.29, 1.82) is 0 Å². The zero-order valence-corrected chi connectivity index (χ0v) is 11.2. The summed E-state index contributed by atoms with van der Waals surface area (Å²) in [6.45, 7) is 2.64. The van der Waals surface area contributed by atoms with Crippen LogP contribution in [-0.4, -0.2) is 12.5 Å². The molecule has 0 fully saturated rings. The molecule has 5 heteroatoms.